The first-order valence-electron chi connectivity index (χ1n) is 7.51. The standard InChI is InChI=1S/C14H27N3O2/c1-3-12-11-16(2)6-4-7-17(12)14(18)9-13-10-15-5-8-19-13/h12-13,15H,3-11H2,1-2H3. The van der Waals surface area contributed by atoms with Gasteiger partial charge in [0.1, 0.15) is 0 Å². The molecular weight excluding hydrogens is 242 g/mol. The second kappa shape index (κ2) is 7.22. The molecule has 2 saturated heterocycles. The van der Waals surface area contributed by atoms with Crippen LogP contribution < -0.4 is 5.32 Å². The first-order valence-corrected chi connectivity index (χ1v) is 7.51. The molecule has 2 heterocycles. The smallest absolute Gasteiger partial charge is 0.225 e. The number of rotatable bonds is 3. The van der Waals surface area contributed by atoms with Gasteiger partial charge in [-0.3, -0.25) is 4.79 Å². The Balaban J connectivity index is 1.91. The summed E-state index contributed by atoms with van der Waals surface area (Å²) in [5.74, 6) is 0.260. The first-order chi connectivity index (χ1) is 9.20. The molecule has 1 N–H and O–H groups in total. The van der Waals surface area contributed by atoms with Crippen LogP contribution in [0, 0.1) is 0 Å². The van der Waals surface area contributed by atoms with E-state index in [1.54, 1.807) is 0 Å². The summed E-state index contributed by atoms with van der Waals surface area (Å²) in [6.45, 7) is 7.56. The van der Waals surface area contributed by atoms with E-state index in [4.69, 9.17) is 4.74 Å². The SMILES string of the molecule is CCC1CN(C)CCCN1C(=O)CC1CNCCO1. The van der Waals surface area contributed by atoms with Crippen molar-refractivity contribution < 1.29 is 9.53 Å². The van der Waals surface area contributed by atoms with Gasteiger partial charge in [0.2, 0.25) is 5.91 Å². The Morgan fingerprint density at radius 3 is 2.95 bits per heavy atom. The minimum atomic E-state index is 0.0553. The molecule has 2 rings (SSSR count). The Kier molecular flexibility index (Phi) is 5.60. The molecule has 2 aliphatic heterocycles. The van der Waals surface area contributed by atoms with Crippen LogP contribution in [0.1, 0.15) is 26.2 Å². The van der Waals surface area contributed by atoms with Crippen molar-refractivity contribution in [3.63, 3.8) is 0 Å². The van der Waals surface area contributed by atoms with Crippen molar-refractivity contribution in [2.75, 3.05) is 46.4 Å². The largest absolute Gasteiger partial charge is 0.375 e. The van der Waals surface area contributed by atoms with E-state index < -0.39 is 0 Å². The molecule has 2 atom stereocenters. The van der Waals surface area contributed by atoms with Crippen molar-refractivity contribution in [2.24, 2.45) is 0 Å². The topological polar surface area (TPSA) is 44.8 Å². The lowest BCUT2D eigenvalue weighted by atomic mass is 10.1. The highest BCUT2D eigenvalue weighted by Crippen LogP contribution is 2.15. The van der Waals surface area contributed by atoms with Crippen LogP contribution in [0.3, 0.4) is 0 Å². The molecular formula is C14H27N3O2. The average Bonchev–Trinajstić information content (AvgIpc) is 2.61. The van der Waals surface area contributed by atoms with Gasteiger partial charge in [0.05, 0.1) is 19.1 Å². The number of hydrogen-bond donors (Lipinski definition) is 1. The molecule has 0 radical (unpaired) electrons. The maximum absolute atomic E-state index is 12.5. The van der Waals surface area contributed by atoms with E-state index >= 15 is 0 Å². The Morgan fingerprint density at radius 1 is 1.42 bits per heavy atom. The molecule has 0 aromatic rings. The zero-order chi connectivity index (χ0) is 13.7. The van der Waals surface area contributed by atoms with E-state index in [0.29, 0.717) is 12.5 Å². The number of morpholine rings is 1. The van der Waals surface area contributed by atoms with Gasteiger partial charge in [0, 0.05) is 32.2 Å². The van der Waals surface area contributed by atoms with Crippen LogP contribution in [0.2, 0.25) is 0 Å². The zero-order valence-electron chi connectivity index (χ0n) is 12.2. The fraction of sp³-hybridized carbons (Fsp3) is 0.929. The lowest BCUT2D eigenvalue weighted by Crippen LogP contribution is -2.47. The molecule has 19 heavy (non-hydrogen) atoms. The van der Waals surface area contributed by atoms with Crippen molar-refractivity contribution in [3.05, 3.63) is 0 Å². The molecule has 0 aliphatic carbocycles. The highest BCUT2D eigenvalue weighted by molar-refractivity contribution is 5.77. The predicted octanol–water partition coefficient (Wildman–Crippen LogP) is 0.308. The lowest BCUT2D eigenvalue weighted by molar-refractivity contribution is -0.137. The third-order valence-electron chi connectivity index (χ3n) is 4.10. The van der Waals surface area contributed by atoms with Crippen molar-refractivity contribution in [1.29, 1.82) is 0 Å². The molecule has 5 nitrogen and oxygen atoms in total. The monoisotopic (exact) mass is 269 g/mol. The Morgan fingerprint density at radius 2 is 2.26 bits per heavy atom. The van der Waals surface area contributed by atoms with Crippen molar-refractivity contribution >= 4 is 5.91 Å². The number of ether oxygens (including phenoxy) is 1. The van der Waals surface area contributed by atoms with E-state index in [-0.39, 0.29) is 12.0 Å². The van der Waals surface area contributed by atoms with Gasteiger partial charge < -0.3 is 19.9 Å². The first kappa shape index (κ1) is 14.8. The summed E-state index contributed by atoms with van der Waals surface area (Å²) in [5, 5.41) is 3.28. The molecule has 1 amide bonds. The summed E-state index contributed by atoms with van der Waals surface area (Å²) < 4.78 is 5.64. The fourth-order valence-corrected chi connectivity index (χ4v) is 2.98. The predicted molar refractivity (Wildman–Crippen MR) is 75.1 cm³/mol. The van der Waals surface area contributed by atoms with Gasteiger partial charge in [-0.15, -0.1) is 0 Å². The van der Waals surface area contributed by atoms with Crippen molar-refractivity contribution in [1.82, 2.24) is 15.1 Å². The summed E-state index contributed by atoms with van der Waals surface area (Å²) in [6, 6.07) is 0.358. The highest BCUT2D eigenvalue weighted by atomic mass is 16.5. The van der Waals surface area contributed by atoms with Gasteiger partial charge >= 0.3 is 0 Å². The summed E-state index contributed by atoms with van der Waals surface area (Å²) in [6.07, 6.45) is 2.68. The molecule has 0 aromatic heterocycles. The Hall–Kier alpha value is -0.650. The number of carbonyl (C=O) groups is 1. The number of nitrogens with zero attached hydrogens (tertiary/aromatic N) is 2. The van der Waals surface area contributed by atoms with E-state index in [0.717, 1.165) is 52.2 Å². The second-order valence-electron chi connectivity index (χ2n) is 5.67. The molecule has 2 aliphatic rings. The van der Waals surface area contributed by atoms with Gasteiger partial charge in [0.25, 0.3) is 0 Å². The minimum absolute atomic E-state index is 0.0553. The molecule has 0 aromatic carbocycles. The van der Waals surface area contributed by atoms with Crippen LogP contribution in [-0.2, 0) is 9.53 Å². The molecule has 0 saturated carbocycles. The van der Waals surface area contributed by atoms with Crippen molar-refractivity contribution in [3.8, 4) is 0 Å². The number of amides is 1. The normalized spacial score (nSPS) is 30.1. The number of carbonyl (C=O) groups excluding carboxylic acids is 1. The van der Waals surface area contributed by atoms with E-state index in [9.17, 15) is 4.79 Å². The number of nitrogens with one attached hydrogen (secondary N) is 1. The summed E-state index contributed by atoms with van der Waals surface area (Å²) in [4.78, 5) is 16.9. The lowest BCUT2D eigenvalue weighted by Gasteiger charge is -2.32. The van der Waals surface area contributed by atoms with E-state index in [1.165, 1.54) is 0 Å². The Bertz CT molecular complexity index is 292. The van der Waals surface area contributed by atoms with E-state index in [2.05, 4.69) is 29.1 Å². The molecule has 0 bridgehead atoms. The third kappa shape index (κ3) is 4.16. The molecule has 2 unspecified atom stereocenters. The number of likely N-dealkylation sites (N-methyl/N-ethyl adjacent to an activating group) is 1. The summed E-state index contributed by atoms with van der Waals surface area (Å²) in [5.41, 5.74) is 0. The van der Waals surface area contributed by atoms with Crippen LogP contribution in [0.25, 0.3) is 0 Å². The minimum Gasteiger partial charge on any atom is -0.375 e. The van der Waals surface area contributed by atoms with E-state index in [1.807, 2.05) is 0 Å². The summed E-state index contributed by atoms with van der Waals surface area (Å²) >= 11 is 0. The fourth-order valence-electron chi connectivity index (χ4n) is 2.98. The van der Waals surface area contributed by atoms with Crippen LogP contribution in [-0.4, -0.2) is 74.2 Å². The van der Waals surface area contributed by atoms with Gasteiger partial charge in [-0.1, -0.05) is 6.92 Å². The Labute approximate surface area is 116 Å². The second-order valence-corrected chi connectivity index (χ2v) is 5.67. The third-order valence-corrected chi connectivity index (χ3v) is 4.10. The maximum Gasteiger partial charge on any atom is 0.225 e. The molecule has 2 fully saturated rings. The van der Waals surface area contributed by atoms with Crippen molar-refractivity contribution in [2.45, 2.75) is 38.3 Å². The van der Waals surface area contributed by atoms with Crippen LogP contribution >= 0.6 is 0 Å². The van der Waals surface area contributed by atoms with Crippen LogP contribution in [0.15, 0.2) is 0 Å². The van der Waals surface area contributed by atoms with Gasteiger partial charge in [-0.2, -0.15) is 0 Å². The summed E-state index contributed by atoms with van der Waals surface area (Å²) in [7, 11) is 2.14. The van der Waals surface area contributed by atoms with Crippen LogP contribution in [0.4, 0.5) is 0 Å². The van der Waals surface area contributed by atoms with Crippen LogP contribution in [0.5, 0.6) is 0 Å². The zero-order valence-corrected chi connectivity index (χ0v) is 12.2. The number of hydrogen-bond acceptors (Lipinski definition) is 4. The average molecular weight is 269 g/mol. The molecule has 110 valence electrons. The quantitative estimate of drug-likeness (QED) is 0.801. The highest BCUT2D eigenvalue weighted by Gasteiger charge is 2.28. The maximum atomic E-state index is 12.5. The molecule has 0 spiro atoms. The molecule has 5 heteroatoms. The van der Waals surface area contributed by atoms with Gasteiger partial charge in [-0.25, -0.2) is 0 Å². The van der Waals surface area contributed by atoms with Gasteiger partial charge in [-0.05, 0) is 26.4 Å². The van der Waals surface area contributed by atoms with Gasteiger partial charge in [0.15, 0.2) is 0 Å².